The van der Waals surface area contributed by atoms with Gasteiger partial charge in [0, 0.05) is 34.7 Å². The van der Waals surface area contributed by atoms with Crippen LogP contribution in [0.5, 0.6) is 0 Å². The third-order valence-corrected chi connectivity index (χ3v) is 4.83. The minimum absolute atomic E-state index is 0.601. The minimum atomic E-state index is 0.601. The summed E-state index contributed by atoms with van der Waals surface area (Å²) >= 11 is 2.05. The summed E-state index contributed by atoms with van der Waals surface area (Å²) in [5.74, 6) is 2.43. The van der Waals surface area contributed by atoms with Crippen LogP contribution in [-0.2, 0) is 0 Å². The maximum absolute atomic E-state index is 4.08. The maximum atomic E-state index is 4.08. The predicted molar refractivity (Wildman–Crippen MR) is 74.8 cm³/mol. The summed E-state index contributed by atoms with van der Waals surface area (Å²) in [6.07, 6.45) is 1.87. The Kier molecular flexibility index (Phi) is 2.74. The largest absolute Gasteiger partial charge is 0.364 e. The molecular formula is C13H17N3S. The first-order chi connectivity index (χ1) is 8.25. The van der Waals surface area contributed by atoms with Crippen LogP contribution in [0.15, 0.2) is 24.4 Å². The van der Waals surface area contributed by atoms with Gasteiger partial charge < -0.3 is 4.90 Å². The molecule has 3 nitrogen and oxygen atoms in total. The van der Waals surface area contributed by atoms with E-state index in [0.29, 0.717) is 12.1 Å². The zero-order chi connectivity index (χ0) is 11.8. The van der Waals surface area contributed by atoms with Gasteiger partial charge in [0.2, 0.25) is 0 Å². The number of hydrogen-bond acceptors (Lipinski definition) is 3. The van der Waals surface area contributed by atoms with Gasteiger partial charge >= 0.3 is 0 Å². The van der Waals surface area contributed by atoms with Crippen LogP contribution in [-0.4, -0.2) is 33.8 Å². The van der Waals surface area contributed by atoms with Gasteiger partial charge in [-0.3, -0.25) is 5.10 Å². The highest BCUT2D eigenvalue weighted by Gasteiger charge is 2.25. The lowest BCUT2D eigenvalue weighted by molar-refractivity contribution is 0.604. The quantitative estimate of drug-likeness (QED) is 0.841. The zero-order valence-electron chi connectivity index (χ0n) is 10.2. The van der Waals surface area contributed by atoms with Crippen molar-refractivity contribution < 1.29 is 0 Å². The van der Waals surface area contributed by atoms with Gasteiger partial charge in [-0.15, -0.1) is 0 Å². The molecule has 0 amide bonds. The van der Waals surface area contributed by atoms with E-state index in [1.807, 2.05) is 6.20 Å². The zero-order valence-corrected chi connectivity index (χ0v) is 11.0. The summed E-state index contributed by atoms with van der Waals surface area (Å²) in [6.45, 7) is 4.61. The Bertz CT molecular complexity index is 512. The molecule has 2 aromatic rings. The lowest BCUT2D eigenvalue weighted by Crippen LogP contribution is -2.46. The molecule has 1 fully saturated rings. The van der Waals surface area contributed by atoms with Crippen LogP contribution in [0.3, 0.4) is 0 Å². The van der Waals surface area contributed by atoms with Crippen LogP contribution in [0, 0.1) is 0 Å². The fraction of sp³-hybridized carbons (Fsp3) is 0.462. The second kappa shape index (κ2) is 4.26. The van der Waals surface area contributed by atoms with Crippen LogP contribution in [0.4, 0.5) is 5.69 Å². The van der Waals surface area contributed by atoms with E-state index in [1.165, 1.54) is 22.6 Å². The molecule has 4 heteroatoms. The van der Waals surface area contributed by atoms with Crippen molar-refractivity contribution in [2.75, 3.05) is 16.4 Å². The molecule has 1 aliphatic rings. The van der Waals surface area contributed by atoms with Crippen LogP contribution < -0.4 is 4.90 Å². The highest BCUT2D eigenvalue weighted by molar-refractivity contribution is 7.99. The van der Waals surface area contributed by atoms with Gasteiger partial charge in [-0.1, -0.05) is 0 Å². The number of thioether (sulfide) groups is 1. The average molecular weight is 247 g/mol. The summed E-state index contributed by atoms with van der Waals surface area (Å²) in [6, 6.07) is 7.77. The van der Waals surface area contributed by atoms with E-state index in [-0.39, 0.29) is 0 Å². The Labute approximate surface area is 106 Å². The Morgan fingerprint density at radius 3 is 2.82 bits per heavy atom. The number of benzene rings is 1. The average Bonchev–Trinajstić information content (AvgIpc) is 2.76. The van der Waals surface area contributed by atoms with Gasteiger partial charge in [-0.25, -0.2) is 0 Å². The monoisotopic (exact) mass is 247 g/mol. The number of aromatic nitrogens is 2. The van der Waals surface area contributed by atoms with Crippen LogP contribution >= 0.6 is 11.8 Å². The number of nitrogens with one attached hydrogen (secondary N) is 1. The first-order valence-corrected chi connectivity index (χ1v) is 7.20. The molecule has 0 aliphatic carbocycles. The second-order valence-electron chi connectivity index (χ2n) is 4.78. The summed E-state index contributed by atoms with van der Waals surface area (Å²) in [7, 11) is 0. The molecule has 2 unspecified atom stereocenters. The van der Waals surface area contributed by atoms with Gasteiger partial charge in [0.1, 0.15) is 0 Å². The first-order valence-electron chi connectivity index (χ1n) is 6.05. The molecule has 90 valence electrons. The van der Waals surface area contributed by atoms with Gasteiger partial charge in [-0.2, -0.15) is 16.9 Å². The molecule has 1 aromatic heterocycles. The molecule has 1 aliphatic heterocycles. The molecule has 0 saturated carbocycles. The van der Waals surface area contributed by atoms with Crippen molar-refractivity contribution in [2.24, 2.45) is 0 Å². The Morgan fingerprint density at radius 2 is 2.06 bits per heavy atom. The van der Waals surface area contributed by atoms with E-state index >= 15 is 0 Å². The Balaban J connectivity index is 2.00. The van der Waals surface area contributed by atoms with E-state index in [1.54, 1.807) is 0 Å². The second-order valence-corrected chi connectivity index (χ2v) is 5.86. The maximum Gasteiger partial charge on any atom is 0.0670 e. The summed E-state index contributed by atoms with van der Waals surface area (Å²) < 4.78 is 0. The number of aromatic amines is 1. The normalized spacial score (nSPS) is 25.4. The molecule has 1 saturated heterocycles. The number of hydrogen-bond donors (Lipinski definition) is 1. The van der Waals surface area contributed by atoms with Crippen LogP contribution in [0.2, 0.25) is 0 Å². The van der Waals surface area contributed by atoms with Crippen molar-refractivity contribution in [3.63, 3.8) is 0 Å². The van der Waals surface area contributed by atoms with Crippen LogP contribution in [0.25, 0.3) is 10.9 Å². The number of fused-ring (bicyclic) bond motifs is 1. The minimum Gasteiger partial charge on any atom is -0.364 e. The molecule has 1 N–H and O–H groups in total. The molecule has 0 bridgehead atoms. The summed E-state index contributed by atoms with van der Waals surface area (Å²) in [5, 5.41) is 8.31. The smallest absolute Gasteiger partial charge is 0.0670 e. The standard InChI is InChI=1S/C13H17N3S/c1-9-7-17-8-10(2)16(9)12-4-3-11-6-14-15-13(11)5-12/h3-6,9-10H,7-8H2,1-2H3,(H,14,15). The fourth-order valence-corrected chi connectivity index (χ4v) is 3.74. The third-order valence-electron chi connectivity index (χ3n) is 3.39. The predicted octanol–water partition coefficient (Wildman–Crippen LogP) is 2.89. The van der Waals surface area contributed by atoms with Gasteiger partial charge in [-0.05, 0) is 32.0 Å². The number of H-pyrrole nitrogens is 1. The molecule has 3 rings (SSSR count). The van der Waals surface area contributed by atoms with E-state index < -0.39 is 0 Å². The van der Waals surface area contributed by atoms with E-state index in [9.17, 15) is 0 Å². The molecular weight excluding hydrogens is 230 g/mol. The summed E-state index contributed by atoms with van der Waals surface area (Å²) in [5.41, 5.74) is 2.43. The van der Waals surface area contributed by atoms with Gasteiger partial charge in [0.15, 0.2) is 0 Å². The van der Waals surface area contributed by atoms with Crippen molar-refractivity contribution in [1.29, 1.82) is 0 Å². The Hall–Kier alpha value is -1.16. The molecule has 0 radical (unpaired) electrons. The molecule has 1 aromatic carbocycles. The van der Waals surface area contributed by atoms with E-state index in [4.69, 9.17) is 0 Å². The van der Waals surface area contributed by atoms with Gasteiger partial charge in [0.05, 0.1) is 11.7 Å². The molecule has 2 atom stereocenters. The van der Waals surface area contributed by atoms with Crippen molar-refractivity contribution in [2.45, 2.75) is 25.9 Å². The van der Waals surface area contributed by atoms with E-state index in [2.05, 4.69) is 58.9 Å². The third kappa shape index (κ3) is 1.90. The highest BCUT2D eigenvalue weighted by atomic mass is 32.2. The highest BCUT2D eigenvalue weighted by Crippen LogP contribution is 2.29. The molecule has 2 heterocycles. The van der Waals surface area contributed by atoms with Crippen molar-refractivity contribution in [1.82, 2.24) is 10.2 Å². The SMILES string of the molecule is CC1CSCC(C)N1c1ccc2cn[nH]c2c1. The van der Waals surface area contributed by atoms with Gasteiger partial charge in [0.25, 0.3) is 0 Å². The van der Waals surface area contributed by atoms with E-state index in [0.717, 1.165) is 5.52 Å². The number of rotatable bonds is 1. The van der Waals surface area contributed by atoms with Crippen LogP contribution in [0.1, 0.15) is 13.8 Å². The van der Waals surface area contributed by atoms with Crippen molar-refractivity contribution in [3.8, 4) is 0 Å². The number of nitrogens with zero attached hydrogens (tertiary/aromatic N) is 2. The topological polar surface area (TPSA) is 31.9 Å². The Morgan fingerprint density at radius 1 is 1.29 bits per heavy atom. The van der Waals surface area contributed by atoms with Crippen molar-refractivity contribution in [3.05, 3.63) is 24.4 Å². The lowest BCUT2D eigenvalue weighted by Gasteiger charge is -2.40. The number of anilines is 1. The van der Waals surface area contributed by atoms with Crippen molar-refractivity contribution >= 4 is 28.4 Å². The molecule has 0 spiro atoms. The first kappa shape index (κ1) is 11.0. The molecule has 17 heavy (non-hydrogen) atoms. The lowest BCUT2D eigenvalue weighted by atomic mass is 10.1. The fourth-order valence-electron chi connectivity index (χ4n) is 2.60. The summed E-state index contributed by atoms with van der Waals surface area (Å²) in [4.78, 5) is 2.52.